The Bertz CT molecular complexity index is 540. The van der Waals surface area contributed by atoms with Gasteiger partial charge in [0, 0.05) is 52.0 Å². The quantitative estimate of drug-likeness (QED) is 0.255. The van der Waals surface area contributed by atoms with Gasteiger partial charge >= 0.3 is 0 Å². The summed E-state index contributed by atoms with van der Waals surface area (Å²) < 4.78 is 0. The second-order valence-corrected chi connectivity index (χ2v) is 7.28. The van der Waals surface area contributed by atoms with Crippen LogP contribution in [0, 0.1) is 0 Å². The standard InChI is InChI=1S/C20H36N6.HI/c1-5-6-7-8-17(2)24-20(21-3)23-16-18-9-10-19(22-15-18)26-13-11-25(4)12-14-26;/h9-10,15,17H,5-8,11-14,16H2,1-4H3,(H2,21,23,24);1H. The molecule has 1 aliphatic heterocycles. The Morgan fingerprint density at radius 1 is 1.22 bits per heavy atom. The van der Waals surface area contributed by atoms with E-state index in [9.17, 15) is 0 Å². The summed E-state index contributed by atoms with van der Waals surface area (Å²) in [6.07, 6.45) is 6.97. The van der Waals surface area contributed by atoms with Crippen molar-refractivity contribution in [1.29, 1.82) is 0 Å². The number of hydrogen-bond acceptors (Lipinski definition) is 4. The van der Waals surface area contributed by atoms with E-state index in [2.05, 4.69) is 63.4 Å². The summed E-state index contributed by atoms with van der Waals surface area (Å²) in [6, 6.07) is 4.72. The lowest BCUT2D eigenvalue weighted by molar-refractivity contribution is 0.312. The summed E-state index contributed by atoms with van der Waals surface area (Å²) >= 11 is 0. The molecule has 2 rings (SSSR count). The van der Waals surface area contributed by atoms with Crippen molar-refractivity contribution in [3.63, 3.8) is 0 Å². The van der Waals surface area contributed by atoms with Gasteiger partial charge in [0.05, 0.1) is 0 Å². The summed E-state index contributed by atoms with van der Waals surface area (Å²) in [5.74, 6) is 1.94. The first-order valence-electron chi connectivity index (χ1n) is 9.98. The molecule has 1 aliphatic rings. The Labute approximate surface area is 182 Å². The molecule has 1 unspecified atom stereocenters. The number of nitrogens with zero attached hydrogens (tertiary/aromatic N) is 4. The first-order chi connectivity index (χ1) is 12.6. The Hall–Kier alpha value is -1.09. The highest BCUT2D eigenvalue weighted by Crippen LogP contribution is 2.13. The minimum Gasteiger partial charge on any atom is -0.354 e. The number of halogens is 1. The van der Waals surface area contributed by atoms with Crippen LogP contribution in [0.1, 0.15) is 45.1 Å². The minimum atomic E-state index is 0. The molecule has 27 heavy (non-hydrogen) atoms. The number of piperazine rings is 1. The van der Waals surface area contributed by atoms with Gasteiger partial charge in [0.15, 0.2) is 5.96 Å². The van der Waals surface area contributed by atoms with E-state index in [1.807, 2.05) is 13.2 Å². The molecule has 0 radical (unpaired) electrons. The van der Waals surface area contributed by atoms with Gasteiger partial charge in [-0.15, -0.1) is 24.0 Å². The molecule has 154 valence electrons. The van der Waals surface area contributed by atoms with Gasteiger partial charge in [-0.1, -0.05) is 32.3 Å². The molecule has 1 saturated heterocycles. The summed E-state index contributed by atoms with van der Waals surface area (Å²) in [4.78, 5) is 13.7. The van der Waals surface area contributed by atoms with Crippen LogP contribution in [0.5, 0.6) is 0 Å². The lowest BCUT2D eigenvalue weighted by atomic mass is 10.1. The Morgan fingerprint density at radius 3 is 2.56 bits per heavy atom. The van der Waals surface area contributed by atoms with E-state index in [0.29, 0.717) is 6.04 Å². The predicted molar refractivity (Wildman–Crippen MR) is 126 cm³/mol. The van der Waals surface area contributed by atoms with Crippen molar-refractivity contribution in [3.05, 3.63) is 23.9 Å². The Morgan fingerprint density at radius 2 is 1.96 bits per heavy atom. The molecule has 0 bridgehead atoms. The third-order valence-corrected chi connectivity index (χ3v) is 4.94. The van der Waals surface area contributed by atoms with Crippen molar-refractivity contribution in [1.82, 2.24) is 20.5 Å². The predicted octanol–water partition coefficient (Wildman–Crippen LogP) is 3.09. The molecule has 0 aromatic carbocycles. The fraction of sp³-hybridized carbons (Fsp3) is 0.700. The number of aromatic nitrogens is 1. The van der Waals surface area contributed by atoms with Gasteiger partial charge in [-0.25, -0.2) is 4.98 Å². The second kappa shape index (κ2) is 13.1. The zero-order valence-electron chi connectivity index (χ0n) is 17.4. The minimum absolute atomic E-state index is 0. The maximum atomic E-state index is 4.65. The smallest absolute Gasteiger partial charge is 0.191 e. The molecule has 0 saturated carbocycles. The first kappa shape index (κ1) is 23.9. The van der Waals surface area contributed by atoms with E-state index in [-0.39, 0.29) is 24.0 Å². The largest absolute Gasteiger partial charge is 0.354 e. The monoisotopic (exact) mass is 488 g/mol. The number of pyridine rings is 1. The molecular weight excluding hydrogens is 451 g/mol. The van der Waals surface area contributed by atoms with E-state index in [0.717, 1.165) is 44.5 Å². The fourth-order valence-electron chi connectivity index (χ4n) is 3.13. The van der Waals surface area contributed by atoms with E-state index < -0.39 is 0 Å². The number of hydrogen-bond donors (Lipinski definition) is 2. The van der Waals surface area contributed by atoms with Gasteiger partial charge in [-0.2, -0.15) is 0 Å². The van der Waals surface area contributed by atoms with Gasteiger partial charge in [0.1, 0.15) is 5.82 Å². The van der Waals surface area contributed by atoms with E-state index in [4.69, 9.17) is 0 Å². The molecule has 1 atom stereocenters. The zero-order valence-corrected chi connectivity index (χ0v) is 19.7. The summed E-state index contributed by atoms with van der Waals surface area (Å²) in [6.45, 7) is 9.49. The van der Waals surface area contributed by atoms with Crippen molar-refractivity contribution >= 4 is 35.8 Å². The first-order valence-corrected chi connectivity index (χ1v) is 9.98. The maximum absolute atomic E-state index is 4.65. The number of anilines is 1. The summed E-state index contributed by atoms with van der Waals surface area (Å²) in [7, 11) is 3.99. The Balaban J connectivity index is 0.00000364. The number of aliphatic imine (C=N–C) groups is 1. The highest BCUT2D eigenvalue weighted by molar-refractivity contribution is 14.0. The van der Waals surface area contributed by atoms with Gasteiger partial charge in [-0.3, -0.25) is 4.99 Å². The van der Waals surface area contributed by atoms with Crippen molar-refractivity contribution in [2.24, 2.45) is 4.99 Å². The molecule has 0 aliphatic carbocycles. The number of guanidine groups is 1. The Kier molecular flexibility index (Phi) is 11.7. The summed E-state index contributed by atoms with van der Waals surface area (Å²) in [5, 5.41) is 6.86. The molecule has 0 amide bonds. The van der Waals surface area contributed by atoms with Crippen LogP contribution in [0.4, 0.5) is 5.82 Å². The van der Waals surface area contributed by atoms with Gasteiger partial charge < -0.3 is 20.4 Å². The third-order valence-electron chi connectivity index (χ3n) is 4.94. The fourth-order valence-corrected chi connectivity index (χ4v) is 3.13. The molecule has 6 nitrogen and oxygen atoms in total. The molecule has 1 aromatic heterocycles. The highest BCUT2D eigenvalue weighted by Gasteiger charge is 2.15. The van der Waals surface area contributed by atoms with Gasteiger partial charge in [0.2, 0.25) is 0 Å². The van der Waals surface area contributed by atoms with E-state index >= 15 is 0 Å². The molecular formula is C20H37IN6. The van der Waals surface area contributed by atoms with Crippen molar-refractivity contribution < 1.29 is 0 Å². The third kappa shape index (κ3) is 8.64. The van der Waals surface area contributed by atoms with Crippen molar-refractivity contribution in [3.8, 4) is 0 Å². The van der Waals surface area contributed by atoms with Crippen molar-refractivity contribution in [2.75, 3.05) is 45.2 Å². The number of nitrogens with one attached hydrogen (secondary N) is 2. The number of rotatable bonds is 8. The number of likely N-dealkylation sites (N-methyl/N-ethyl adjacent to an activating group) is 1. The van der Waals surface area contributed by atoms with Gasteiger partial charge in [-0.05, 0) is 32.0 Å². The van der Waals surface area contributed by atoms with Crippen LogP contribution in [0.15, 0.2) is 23.3 Å². The van der Waals surface area contributed by atoms with Crippen LogP contribution < -0.4 is 15.5 Å². The SMILES string of the molecule is CCCCCC(C)NC(=NC)NCc1ccc(N2CCN(C)CC2)nc1.I. The average Bonchev–Trinajstić information content (AvgIpc) is 2.66. The zero-order chi connectivity index (χ0) is 18.8. The van der Waals surface area contributed by atoms with E-state index in [1.54, 1.807) is 0 Å². The molecule has 1 aromatic rings. The van der Waals surface area contributed by atoms with Gasteiger partial charge in [0.25, 0.3) is 0 Å². The topological polar surface area (TPSA) is 55.8 Å². The molecule has 0 spiro atoms. The highest BCUT2D eigenvalue weighted by atomic mass is 127. The van der Waals surface area contributed by atoms with Crippen LogP contribution in [0.2, 0.25) is 0 Å². The molecule has 2 N–H and O–H groups in total. The lowest BCUT2D eigenvalue weighted by Crippen LogP contribution is -2.44. The maximum Gasteiger partial charge on any atom is 0.191 e. The average molecular weight is 488 g/mol. The molecule has 2 heterocycles. The van der Waals surface area contributed by atoms with Crippen molar-refractivity contribution in [2.45, 2.75) is 52.1 Å². The van der Waals surface area contributed by atoms with Crippen LogP contribution in [-0.4, -0.2) is 62.2 Å². The summed E-state index contributed by atoms with van der Waals surface area (Å²) in [5.41, 5.74) is 1.17. The van der Waals surface area contributed by atoms with Crippen LogP contribution in [-0.2, 0) is 6.54 Å². The number of unbranched alkanes of at least 4 members (excludes halogenated alkanes) is 2. The van der Waals surface area contributed by atoms with Crippen LogP contribution in [0.25, 0.3) is 0 Å². The molecule has 1 fully saturated rings. The van der Waals surface area contributed by atoms with Crippen LogP contribution in [0.3, 0.4) is 0 Å². The normalized spacial score (nSPS) is 16.6. The van der Waals surface area contributed by atoms with Crippen LogP contribution >= 0.6 is 24.0 Å². The molecule has 7 heteroatoms. The lowest BCUT2D eigenvalue weighted by Gasteiger charge is -2.33. The second-order valence-electron chi connectivity index (χ2n) is 7.28. The van der Waals surface area contributed by atoms with E-state index in [1.165, 1.54) is 31.2 Å².